The molecule has 0 saturated carbocycles. The molecule has 76 valence electrons. The van der Waals surface area contributed by atoms with Crippen LogP contribution in [0.2, 0.25) is 10.0 Å². The highest BCUT2D eigenvalue weighted by Gasteiger charge is 2.14. The van der Waals surface area contributed by atoms with Crippen LogP contribution in [0.4, 0.5) is 0 Å². The van der Waals surface area contributed by atoms with E-state index in [0.717, 1.165) is 0 Å². The number of aromatic hydroxyl groups is 1. The smallest absolute Gasteiger partial charge is 0.341 e. The standard InChI is InChI=1S/C9H8Cl2O3/c1-2-14-9(13)5-3-6(10)7(11)4-8(5)12/h3-4,12H,2H2,1H3. The normalized spacial score (nSPS) is 9.93. The first-order valence-electron chi connectivity index (χ1n) is 3.91. The molecule has 0 spiro atoms. The van der Waals surface area contributed by atoms with Crippen molar-refractivity contribution >= 4 is 29.2 Å². The Labute approximate surface area is 91.2 Å². The number of carbonyl (C=O) groups excluding carboxylic acids is 1. The van der Waals surface area contributed by atoms with Gasteiger partial charge in [-0.05, 0) is 13.0 Å². The topological polar surface area (TPSA) is 46.5 Å². The van der Waals surface area contributed by atoms with E-state index < -0.39 is 5.97 Å². The molecule has 0 aliphatic heterocycles. The van der Waals surface area contributed by atoms with Crippen LogP contribution in [0.1, 0.15) is 17.3 Å². The van der Waals surface area contributed by atoms with Gasteiger partial charge in [0.25, 0.3) is 0 Å². The van der Waals surface area contributed by atoms with Crippen LogP contribution < -0.4 is 0 Å². The summed E-state index contributed by atoms with van der Waals surface area (Å²) in [6.45, 7) is 1.91. The van der Waals surface area contributed by atoms with Crippen molar-refractivity contribution in [1.29, 1.82) is 0 Å². The Bertz CT molecular complexity index is 363. The Morgan fingerprint density at radius 2 is 2.00 bits per heavy atom. The maximum atomic E-state index is 11.2. The van der Waals surface area contributed by atoms with E-state index in [2.05, 4.69) is 0 Å². The van der Waals surface area contributed by atoms with Gasteiger partial charge in [-0.1, -0.05) is 23.2 Å². The lowest BCUT2D eigenvalue weighted by Gasteiger charge is -2.05. The Hall–Kier alpha value is -0.930. The lowest BCUT2D eigenvalue weighted by molar-refractivity contribution is 0.0523. The fraction of sp³-hybridized carbons (Fsp3) is 0.222. The van der Waals surface area contributed by atoms with Crippen molar-refractivity contribution in [3.63, 3.8) is 0 Å². The second-order valence-electron chi connectivity index (χ2n) is 2.50. The fourth-order valence-electron chi connectivity index (χ4n) is 0.909. The van der Waals surface area contributed by atoms with Gasteiger partial charge >= 0.3 is 5.97 Å². The van der Waals surface area contributed by atoms with Crippen molar-refractivity contribution in [2.75, 3.05) is 6.61 Å². The van der Waals surface area contributed by atoms with Gasteiger partial charge in [0.15, 0.2) is 0 Å². The van der Waals surface area contributed by atoms with Crippen molar-refractivity contribution in [2.45, 2.75) is 6.92 Å². The third-order valence-corrected chi connectivity index (χ3v) is 2.26. The summed E-state index contributed by atoms with van der Waals surface area (Å²) >= 11 is 11.3. The number of hydrogen-bond donors (Lipinski definition) is 1. The minimum absolute atomic E-state index is 0.0150. The molecule has 3 nitrogen and oxygen atoms in total. The third kappa shape index (κ3) is 2.30. The summed E-state index contributed by atoms with van der Waals surface area (Å²) in [5.41, 5.74) is 0.0150. The molecule has 0 aliphatic rings. The highest BCUT2D eigenvalue weighted by molar-refractivity contribution is 6.42. The molecule has 0 unspecified atom stereocenters. The average Bonchev–Trinajstić information content (AvgIpc) is 2.11. The second-order valence-corrected chi connectivity index (χ2v) is 3.32. The van der Waals surface area contributed by atoms with Crippen LogP contribution in [0.5, 0.6) is 5.75 Å². The number of phenolic OH excluding ortho intramolecular Hbond substituents is 1. The number of rotatable bonds is 2. The van der Waals surface area contributed by atoms with Crippen LogP contribution in [0.25, 0.3) is 0 Å². The molecule has 1 aromatic carbocycles. The zero-order valence-corrected chi connectivity index (χ0v) is 8.89. The predicted octanol–water partition coefficient (Wildman–Crippen LogP) is 2.88. The second kappa shape index (κ2) is 4.53. The van der Waals surface area contributed by atoms with Crippen molar-refractivity contribution in [3.8, 4) is 5.75 Å². The zero-order valence-electron chi connectivity index (χ0n) is 7.38. The minimum Gasteiger partial charge on any atom is -0.507 e. The van der Waals surface area contributed by atoms with Gasteiger partial charge in [-0.25, -0.2) is 4.79 Å². The molecule has 5 heteroatoms. The molecule has 0 aromatic heterocycles. The lowest BCUT2D eigenvalue weighted by atomic mass is 10.2. The monoisotopic (exact) mass is 234 g/mol. The van der Waals surface area contributed by atoms with Gasteiger partial charge < -0.3 is 9.84 Å². The molecular weight excluding hydrogens is 227 g/mol. The largest absolute Gasteiger partial charge is 0.507 e. The van der Waals surface area contributed by atoms with Crippen molar-refractivity contribution in [1.82, 2.24) is 0 Å². The van der Waals surface area contributed by atoms with E-state index in [4.69, 9.17) is 27.9 Å². The highest BCUT2D eigenvalue weighted by atomic mass is 35.5. The van der Waals surface area contributed by atoms with Crippen LogP contribution in [0.3, 0.4) is 0 Å². The lowest BCUT2D eigenvalue weighted by Crippen LogP contribution is -2.04. The van der Waals surface area contributed by atoms with Gasteiger partial charge in [0.1, 0.15) is 11.3 Å². The molecule has 0 atom stereocenters. The van der Waals surface area contributed by atoms with Gasteiger partial charge in [0, 0.05) is 6.07 Å². The average molecular weight is 235 g/mol. The Morgan fingerprint density at radius 3 is 2.57 bits per heavy atom. The number of hydrogen-bond acceptors (Lipinski definition) is 3. The molecule has 0 heterocycles. The summed E-state index contributed by atoms with van der Waals surface area (Å²) in [5, 5.41) is 9.76. The maximum absolute atomic E-state index is 11.2. The Balaban J connectivity index is 3.09. The molecule has 0 aliphatic carbocycles. The van der Waals surface area contributed by atoms with Crippen LogP contribution in [-0.4, -0.2) is 17.7 Å². The van der Waals surface area contributed by atoms with Gasteiger partial charge in [-0.15, -0.1) is 0 Å². The summed E-state index contributed by atoms with van der Waals surface area (Å²) in [7, 11) is 0. The van der Waals surface area contributed by atoms with E-state index in [1.54, 1.807) is 6.92 Å². The van der Waals surface area contributed by atoms with E-state index in [1.165, 1.54) is 12.1 Å². The van der Waals surface area contributed by atoms with E-state index in [-0.39, 0.29) is 28.0 Å². The molecule has 0 bridgehead atoms. The molecule has 1 aromatic rings. The molecule has 0 radical (unpaired) electrons. The van der Waals surface area contributed by atoms with Gasteiger partial charge in [0.05, 0.1) is 16.7 Å². The predicted molar refractivity (Wildman–Crippen MR) is 54.1 cm³/mol. The van der Waals surface area contributed by atoms with E-state index in [1.807, 2.05) is 0 Å². The highest BCUT2D eigenvalue weighted by Crippen LogP contribution is 2.30. The molecule has 0 fully saturated rings. The SMILES string of the molecule is CCOC(=O)c1cc(Cl)c(Cl)cc1O. The van der Waals surface area contributed by atoms with E-state index in [0.29, 0.717) is 0 Å². The number of halogens is 2. The van der Waals surface area contributed by atoms with Crippen LogP contribution in [0.15, 0.2) is 12.1 Å². The number of benzene rings is 1. The number of esters is 1. The summed E-state index contributed by atoms with van der Waals surface area (Å²) in [6.07, 6.45) is 0. The van der Waals surface area contributed by atoms with Gasteiger partial charge in [-0.3, -0.25) is 0 Å². The first-order chi connectivity index (χ1) is 6.56. The summed E-state index contributed by atoms with van der Waals surface area (Å²) in [6, 6.07) is 2.48. The van der Waals surface area contributed by atoms with E-state index in [9.17, 15) is 9.90 Å². The van der Waals surface area contributed by atoms with Crippen LogP contribution >= 0.6 is 23.2 Å². The Kier molecular flexibility index (Phi) is 3.61. The third-order valence-electron chi connectivity index (χ3n) is 1.53. The summed E-state index contributed by atoms with van der Waals surface area (Å²) in [5.74, 6) is -0.860. The van der Waals surface area contributed by atoms with Crippen molar-refractivity contribution < 1.29 is 14.6 Å². The Morgan fingerprint density at radius 1 is 1.43 bits per heavy atom. The van der Waals surface area contributed by atoms with Crippen molar-refractivity contribution in [3.05, 3.63) is 27.7 Å². The molecule has 1 rings (SSSR count). The number of ether oxygens (including phenoxy) is 1. The van der Waals surface area contributed by atoms with Crippen LogP contribution in [-0.2, 0) is 4.74 Å². The first kappa shape index (κ1) is 11.1. The van der Waals surface area contributed by atoms with Crippen LogP contribution in [0, 0.1) is 0 Å². The number of carbonyl (C=O) groups is 1. The maximum Gasteiger partial charge on any atom is 0.341 e. The van der Waals surface area contributed by atoms with Gasteiger partial charge in [-0.2, -0.15) is 0 Å². The van der Waals surface area contributed by atoms with Gasteiger partial charge in [0.2, 0.25) is 0 Å². The minimum atomic E-state index is -0.622. The number of phenols is 1. The quantitative estimate of drug-likeness (QED) is 0.801. The summed E-state index contributed by atoms with van der Waals surface area (Å²) < 4.78 is 4.70. The zero-order chi connectivity index (χ0) is 10.7. The van der Waals surface area contributed by atoms with E-state index >= 15 is 0 Å². The molecular formula is C9H8Cl2O3. The molecule has 14 heavy (non-hydrogen) atoms. The first-order valence-corrected chi connectivity index (χ1v) is 4.67. The molecule has 1 N–H and O–H groups in total. The molecule has 0 saturated heterocycles. The van der Waals surface area contributed by atoms with Crippen molar-refractivity contribution in [2.24, 2.45) is 0 Å². The molecule has 0 amide bonds. The summed E-state index contributed by atoms with van der Waals surface area (Å²) in [4.78, 5) is 11.2. The fourth-order valence-corrected chi connectivity index (χ4v) is 1.23.